The van der Waals surface area contributed by atoms with Crippen LogP contribution in [0.1, 0.15) is 20.7 Å². The highest BCUT2D eigenvalue weighted by Gasteiger charge is 2.35. The van der Waals surface area contributed by atoms with E-state index in [0.717, 1.165) is 0 Å². The van der Waals surface area contributed by atoms with Crippen molar-refractivity contribution in [3.8, 4) is 0 Å². The van der Waals surface area contributed by atoms with Gasteiger partial charge >= 0.3 is 11.9 Å². The Morgan fingerprint density at radius 3 is 1.96 bits per heavy atom. The summed E-state index contributed by atoms with van der Waals surface area (Å²) in [7, 11) is 0. The van der Waals surface area contributed by atoms with Gasteiger partial charge in [0.1, 0.15) is 18.8 Å². The predicted molar refractivity (Wildman–Crippen MR) is 104 cm³/mol. The van der Waals surface area contributed by atoms with Crippen LogP contribution < -0.4 is 0 Å². The van der Waals surface area contributed by atoms with Crippen molar-refractivity contribution in [2.24, 2.45) is 0 Å². The van der Waals surface area contributed by atoms with Gasteiger partial charge in [-0.15, -0.1) is 11.6 Å². The minimum Gasteiger partial charge on any atom is -0.459 e. The zero-order valence-corrected chi connectivity index (χ0v) is 15.8. The van der Waals surface area contributed by atoms with Gasteiger partial charge in [0.15, 0.2) is 0 Å². The van der Waals surface area contributed by atoms with Gasteiger partial charge in [0.2, 0.25) is 0 Å². The highest BCUT2D eigenvalue weighted by atomic mass is 35.5. The number of carbonyl (C=O) groups excluding carboxylic acids is 2. The summed E-state index contributed by atoms with van der Waals surface area (Å²) in [5.74, 6) is -1.14. The molecule has 0 saturated heterocycles. The minimum absolute atomic E-state index is 0.0672. The molecule has 28 heavy (non-hydrogen) atoms. The third-order valence-corrected chi connectivity index (χ3v) is 4.43. The number of carbonyl (C=O) groups is 2. The molecule has 2 rings (SSSR count). The van der Waals surface area contributed by atoms with E-state index >= 15 is 0 Å². The van der Waals surface area contributed by atoms with Crippen molar-refractivity contribution >= 4 is 23.5 Å². The number of aliphatic hydroxyl groups is 2. The molecule has 0 fully saturated rings. The normalized spacial score (nSPS) is 14.2. The van der Waals surface area contributed by atoms with E-state index in [-0.39, 0.29) is 6.61 Å². The molecular weight excluding hydrogens is 384 g/mol. The Hall–Kier alpha value is -2.67. The molecule has 0 bridgehead atoms. The summed E-state index contributed by atoms with van der Waals surface area (Å²) in [6, 6.07) is 16.7. The van der Waals surface area contributed by atoms with Crippen LogP contribution in [0.15, 0.2) is 72.8 Å². The Balaban J connectivity index is 1.85. The highest BCUT2D eigenvalue weighted by Crippen LogP contribution is 2.19. The summed E-state index contributed by atoms with van der Waals surface area (Å²) in [4.78, 5) is 23.8. The summed E-state index contributed by atoms with van der Waals surface area (Å²) in [5.41, 5.74) is -1.15. The summed E-state index contributed by atoms with van der Waals surface area (Å²) >= 11 is 6.12. The maximum absolute atomic E-state index is 12.0. The number of hydrogen-bond donors (Lipinski definition) is 2. The maximum Gasteiger partial charge on any atom is 0.338 e. The van der Waals surface area contributed by atoms with Gasteiger partial charge in [-0.3, -0.25) is 0 Å². The molecule has 2 atom stereocenters. The van der Waals surface area contributed by atoms with Crippen LogP contribution in [0.5, 0.6) is 0 Å². The molecule has 148 valence electrons. The molecule has 0 radical (unpaired) electrons. The molecule has 0 aliphatic carbocycles. The summed E-state index contributed by atoms with van der Waals surface area (Å²) in [5, 5.41) is 18.9. The van der Waals surface area contributed by atoms with Gasteiger partial charge in [-0.25, -0.2) is 9.59 Å². The second kappa shape index (κ2) is 10.6. The Labute approximate surface area is 168 Å². The van der Waals surface area contributed by atoms with Gasteiger partial charge < -0.3 is 19.7 Å². The molecule has 0 spiro atoms. The van der Waals surface area contributed by atoms with E-state index in [0.29, 0.717) is 11.1 Å². The van der Waals surface area contributed by atoms with Crippen LogP contribution in [-0.2, 0) is 9.47 Å². The lowest BCUT2D eigenvalue weighted by Crippen LogP contribution is -2.47. The van der Waals surface area contributed by atoms with Crippen molar-refractivity contribution in [2.75, 3.05) is 19.8 Å². The van der Waals surface area contributed by atoms with Gasteiger partial charge in [0.05, 0.1) is 23.1 Å². The topological polar surface area (TPSA) is 93.1 Å². The Morgan fingerprint density at radius 2 is 1.46 bits per heavy atom. The third-order valence-electron chi connectivity index (χ3n) is 3.88. The minimum atomic E-state index is -1.88. The largest absolute Gasteiger partial charge is 0.459 e. The van der Waals surface area contributed by atoms with Crippen LogP contribution in [0.2, 0.25) is 0 Å². The first kappa shape index (κ1) is 21.6. The molecule has 2 aromatic rings. The number of halogens is 1. The lowest BCUT2D eigenvalue weighted by Gasteiger charge is -2.28. The van der Waals surface area contributed by atoms with Crippen LogP contribution in [0.25, 0.3) is 0 Å². The van der Waals surface area contributed by atoms with Crippen molar-refractivity contribution < 1.29 is 29.3 Å². The second-order valence-electron chi connectivity index (χ2n) is 6.00. The maximum atomic E-state index is 12.0. The van der Waals surface area contributed by atoms with Gasteiger partial charge in [-0.05, 0) is 30.3 Å². The summed E-state index contributed by atoms with van der Waals surface area (Å²) in [6.45, 7) is -1.29. The molecule has 7 heteroatoms. The summed E-state index contributed by atoms with van der Waals surface area (Å²) < 4.78 is 10.1. The van der Waals surface area contributed by atoms with Crippen LogP contribution in [0.4, 0.5) is 0 Å². The monoisotopic (exact) mass is 404 g/mol. The number of rotatable bonds is 9. The first-order chi connectivity index (χ1) is 13.5. The highest BCUT2D eigenvalue weighted by molar-refractivity contribution is 6.22. The first-order valence-corrected chi connectivity index (χ1v) is 8.98. The van der Waals surface area contributed by atoms with Crippen molar-refractivity contribution in [3.05, 3.63) is 83.9 Å². The van der Waals surface area contributed by atoms with Gasteiger partial charge in [-0.1, -0.05) is 42.5 Å². The van der Waals surface area contributed by atoms with Gasteiger partial charge in [0, 0.05) is 0 Å². The molecule has 0 aliphatic heterocycles. The Bertz CT molecular complexity index is 793. The average Bonchev–Trinajstić information content (AvgIpc) is 2.75. The molecule has 0 aliphatic rings. The van der Waals surface area contributed by atoms with E-state index in [1.807, 2.05) is 0 Å². The number of benzene rings is 2. The molecule has 0 aromatic heterocycles. The van der Waals surface area contributed by atoms with Crippen LogP contribution in [-0.4, -0.2) is 53.0 Å². The fraction of sp³-hybridized carbons (Fsp3) is 0.238. The fourth-order valence-corrected chi connectivity index (χ4v) is 2.43. The van der Waals surface area contributed by atoms with Gasteiger partial charge in [-0.2, -0.15) is 0 Å². The SMILES string of the molecule is O=C(OC/C=C\[C@H](Cl)[C@@](O)(CO)COC(=O)c1ccccc1)c1ccccc1. The van der Waals surface area contributed by atoms with Crippen LogP contribution >= 0.6 is 11.6 Å². The van der Waals surface area contributed by atoms with Crippen molar-refractivity contribution in [2.45, 2.75) is 11.0 Å². The van der Waals surface area contributed by atoms with Crippen LogP contribution in [0.3, 0.4) is 0 Å². The Kier molecular flexibility index (Phi) is 8.19. The third kappa shape index (κ3) is 6.20. The quantitative estimate of drug-likeness (QED) is 0.379. The molecule has 2 N–H and O–H groups in total. The molecule has 0 saturated carbocycles. The number of aliphatic hydroxyl groups excluding tert-OH is 1. The first-order valence-electron chi connectivity index (χ1n) is 8.54. The second-order valence-corrected chi connectivity index (χ2v) is 6.47. The molecular formula is C21H21ClO6. The Morgan fingerprint density at radius 1 is 0.964 bits per heavy atom. The molecule has 6 nitrogen and oxygen atoms in total. The number of alkyl halides is 1. The zero-order valence-electron chi connectivity index (χ0n) is 15.0. The van der Waals surface area contributed by atoms with Crippen molar-refractivity contribution in [1.82, 2.24) is 0 Å². The molecule has 0 unspecified atom stereocenters. The molecule has 0 heterocycles. The lowest BCUT2D eigenvalue weighted by molar-refractivity contribution is -0.0591. The standard InChI is InChI=1S/C21H21ClO6/c22-18(12-7-13-27-19(24)16-8-3-1-4-9-16)21(26,14-23)15-28-20(25)17-10-5-2-6-11-17/h1-12,18,23,26H,13-15H2/b12-7-/t18-,21+/m0/s1. The average molecular weight is 405 g/mol. The van der Waals surface area contributed by atoms with E-state index < -0.39 is 36.1 Å². The molecule has 0 amide bonds. The predicted octanol–water partition coefficient (Wildman–Crippen LogP) is 2.59. The van der Waals surface area contributed by atoms with E-state index in [4.69, 9.17) is 21.1 Å². The van der Waals surface area contributed by atoms with Crippen molar-refractivity contribution in [1.29, 1.82) is 0 Å². The van der Waals surface area contributed by atoms with Gasteiger partial charge in [0.25, 0.3) is 0 Å². The summed E-state index contributed by atoms with van der Waals surface area (Å²) in [6.07, 6.45) is 2.81. The fourth-order valence-electron chi connectivity index (χ4n) is 2.20. The lowest BCUT2D eigenvalue weighted by atomic mass is 10.0. The van der Waals surface area contributed by atoms with E-state index in [1.54, 1.807) is 60.7 Å². The zero-order chi connectivity index (χ0) is 20.4. The number of esters is 2. The smallest absolute Gasteiger partial charge is 0.338 e. The van der Waals surface area contributed by atoms with E-state index in [9.17, 15) is 19.8 Å². The van der Waals surface area contributed by atoms with Crippen LogP contribution in [0, 0.1) is 0 Å². The molecule has 2 aromatic carbocycles. The van der Waals surface area contributed by atoms with E-state index in [2.05, 4.69) is 0 Å². The number of hydrogen-bond acceptors (Lipinski definition) is 6. The van der Waals surface area contributed by atoms with E-state index in [1.165, 1.54) is 12.2 Å². The van der Waals surface area contributed by atoms with Crippen molar-refractivity contribution in [3.63, 3.8) is 0 Å². The number of ether oxygens (including phenoxy) is 2.